The first-order chi connectivity index (χ1) is 9.81. The largest absolute Gasteiger partial charge is 0.497 e. The first-order valence-electron chi connectivity index (χ1n) is 6.71. The lowest BCUT2D eigenvalue weighted by molar-refractivity contribution is 0.0913. The third-order valence-electron chi connectivity index (χ3n) is 2.90. The molecular weight excluding hydrogens is 268 g/mol. The van der Waals surface area contributed by atoms with Crippen LogP contribution in [-0.2, 0) is 0 Å². The van der Waals surface area contributed by atoms with E-state index in [4.69, 9.17) is 4.74 Å². The fourth-order valence-corrected chi connectivity index (χ4v) is 1.93. The van der Waals surface area contributed by atoms with Crippen LogP contribution >= 0.6 is 0 Å². The number of carbonyl (C=O) groups excluding carboxylic acids is 1. The zero-order chi connectivity index (χ0) is 15.6. The van der Waals surface area contributed by atoms with Gasteiger partial charge in [-0.3, -0.25) is 4.79 Å². The number of carbonyl (C=O) groups is 1. The average Bonchev–Trinajstić information content (AvgIpc) is 2.79. The molecule has 21 heavy (non-hydrogen) atoms. The predicted molar refractivity (Wildman–Crippen MR) is 79.9 cm³/mol. The van der Waals surface area contributed by atoms with Gasteiger partial charge in [0.1, 0.15) is 5.75 Å². The molecule has 6 heteroatoms. The van der Waals surface area contributed by atoms with Gasteiger partial charge in [-0.05, 0) is 39.8 Å². The van der Waals surface area contributed by atoms with E-state index in [-0.39, 0.29) is 11.4 Å². The third kappa shape index (κ3) is 3.39. The maximum absolute atomic E-state index is 12.2. The summed E-state index contributed by atoms with van der Waals surface area (Å²) in [6.07, 6.45) is 0. The molecule has 1 amide bonds. The van der Waals surface area contributed by atoms with Crippen LogP contribution < -0.4 is 10.1 Å². The Hall–Kier alpha value is -2.37. The van der Waals surface area contributed by atoms with Crippen LogP contribution in [0.4, 0.5) is 0 Å². The van der Waals surface area contributed by atoms with Gasteiger partial charge in [0.15, 0.2) is 5.69 Å². The Bertz CT molecular complexity index is 656. The van der Waals surface area contributed by atoms with Crippen molar-refractivity contribution in [2.24, 2.45) is 0 Å². The Morgan fingerprint density at radius 2 is 2.05 bits per heavy atom. The van der Waals surface area contributed by atoms with E-state index in [1.807, 2.05) is 52.0 Å². The predicted octanol–water partition coefficient (Wildman–Crippen LogP) is 2.11. The highest BCUT2D eigenvalue weighted by Gasteiger charge is 2.21. The molecule has 0 aliphatic rings. The third-order valence-corrected chi connectivity index (χ3v) is 2.90. The molecule has 0 fully saturated rings. The summed E-state index contributed by atoms with van der Waals surface area (Å²) in [5.41, 5.74) is 1.50. The van der Waals surface area contributed by atoms with Gasteiger partial charge in [-0.2, -0.15) is 0 Å². The topological polar surface area (TPSA) is 69.0 Å². The van der Waals surface area contributed by atoms with Crippen LogP contribution in [0, 0.1) is 6.92 Å². The van der Waals surface area contributed by atoms with Crippen LogP contribution in [0.5, 0.6) is 5.75 Å². The van der Waals surface area contributed by atoms with Crippen molar-refractivity contribution in [1.29, 1.82) is 0 Å². The maximum atomic E-state index is 12.2. The summed E-state index contributed by atoms with van der Waals surface area (Å²) in [7, 11) is 1.61. The van der Waals surface area contributed by atoms with Gasteiger partial charge in [0.25, 0.3) is 5.91 Å². The van der Waals surface area contributed by atoms with E-state index in [0.717, 1.165) is 11.4 Å². The molecule has 112 valence electrons. The molecule has 0 unspecified atom stereocenters. The Morgan fingerprint density at radius 3 is 2.67 bits per heavy atom. The molecule has 0 atom stereocenters. The second-order valence-corrected chi connectivity index (χ2v) is 5.84. The summed E-state index contributed by atoms with van der Waals surface area (Å²) >= 11 is 0. The standard InChI is InChI=1S/C15H20N4O2/c1-10-13(14(20)16-15(2,3)4)17-18-19(10)11-7-6-8-12(9-11)21-5/h6-9H,1-5H3,(H,16,20). The summed E-state index contributed by atoms with van der Waals surface area (Å²) in [4.78, 5) is 12.2. The van der Waals surface area contributed by atoms with Crippen LogP contribution in [-0.4, -0.2) is 33.5 Å². The number of rotatable bonds is 3. The van der Waals surface area contributed by atoms with E-state index in [0.29, 0.717) is 11.4 Å². The fraction of sp³-hybridized carbons (Fsp3) is 0.400. The van der Waals surface area contributed by atoms with E-state index in [2.05, 4.69) is 15.6 Å². The monoisotopic (exact) mass is 288 g/mol. The molecule has 0 spiro atoms. The number of hydrogen-bond acceptors (Lipinski definition) is 4. The second kappa shape index (κ2) is 5.55. The number of aromatic nitrogens is 3. The van der Waals surface area contributed by atoms with Crippen molar-refractivity contribution in [2.45, 2.75) is 33.2 Å². The van der Waals surface area contributed by atoms with Gasteiger partial charge in [0.2, 0.25) is 0 Å². The number of ether oxygens (including phenoxy) is 1. The van der Waals surface area contributed by atoms with Crippen LogP contribution in [0.3, 0.4) is 0 Å². The molecule has 0 bridgehead atoms. The van der Waals surface area contributed by atoms with E-state index >= 15 is 0 Å². The molecule has 0 saturated heterocycles. The van der Waals surface area contributed by atoms with Crippen molar-refractivity contribution in [2.75, 3.05) is 7.11 Å². The molecular formula is C15H20N4O2. The molecule has 2 rings (SSSR count). The van der Waals surface area contributed by atoms with Crippen molar-refractivity contribution < 1.29 is 9.53 Å². The summed E-state index contributed by atoms with van der Waals surface area (Å²) in [5, 5.41) is 10.9. The Morgan fingerprint density at radius 1 is 1.33 bits per heavy atom. The molecule has 0 saturated carbocycles. The Kier molecular flexibility index (Phi) is 3.97. The number of amides is 1. The van der Waals surface area contributed by atoms with E-state index in [1.54, 1.807) is 11.8 Å². The lowest BCUT2D eigenvalue weighted by atomic mass is 10.1. The summed E-state index contributed by atoms with van der Waals surface area (Å²) in [5.74, 6) is 0.497. The highest BCUT2D eigenvalue weighted by molar-refractivity contribution is 5.93. The van der Waals surface area contributed by atoms with Crippen LogP contribution in [0.2, 0.25) is 0 Å². The van der Waals surface area contributed by atoms with E-state index < -0.39 is 0 Å². The summed E-state index contributed by atoms with van der Waals surface area (Å²) in [6, 6.07) is 7.44. The molecule has 1 heterocycles. The zero-order valence-corrected chi connectivity index (χ0v) is 13.0. The minimum Gasteiger partial charge on any atom is -0.497 e. The van der Waals surface area contributed by atoms with E-state index in [1.165, 1.54) is 0 Å². The van der Waals surface area contributed by atoms with Crippen molar-refractivity contribution in [3.63, 3.8) is 0 Å². The van der Waals surface area contributed by atoms with Gasteiger partial charge in [0.05, 0.1) is 18.5 Å². The van der Waals surface area contributed by atoms with Crippen LogP contribution in [0.25, 0.3) is 5.69 Å². The SMILES string of the molecule is COc1cccc(-n2nnc(C(=O)NC(C)(C)C)c2C)c1. The molecule has 0 radical (unpaired) electrons. The quantitative estimate of drug-likeness (QED) is 0.939. The average molecular weight is 288 g/mol. The molecule has 0 aliphatic carbocycles. The molecule has 2 aromatic rings. The van der Waals surface area contributed by atoms with Crippen LogP contribution in [0.1, 0.15) is 37.0 Å². The summed E-state index contributed by atoms with van der Waals surface area (Å²) in [6.45, 7) is 7.59. The fourth-order valence-electron chi connectivity index (χ4n) is 1.93. The number of methoxy groups -OCH3 is 1. The van der Waals surface area contributed by atoms with Gasteiger partial charge in [-0.25, -0.2) is 4.68 Å². The normalized spacial score (nSPS) is 11.3. The minimum absolute atomic E-state index is 0.228. The van der Waals surface area contributed by atoms with Crippen molar-refractivity contribution >= 4 is 5.91 Å². The lowest BCUT2D eigenvalue weighted by Gasteiger charge is -2.19. The molecule has 1 aromatic carbocycles. The van der Waals surface area contributed by atoms with Crippen molar-refractivity contribution in [3.8, 4) is 11.4 Å². The van der Waals surface area contributed by atoms with Gasteiger partial charge in [0, 0.05) is 11.6 Å². The second-order valence-electron chi connectivity index (χ2n) is 5.84. The van der Waals surface area contributed by atoms with Crippen molar-refractivity contribution in [3.05, 3.63) is 35.7 Å². The van der Waals surface area contributed by atoms with Gasteiger partial charge in [-0.15, -0.1) is 5.10 Å². The number of nitrogens with zero attached hydrogens (tertiary/aromatic N) is 3. The van der Waals surface area contributed by atoms with Gasteiger partial charge in [-0.1, -0.05) is 11.3 Å². The first-order valence-corrected chi connectivity index (χ1v) is 6.71. The highest BCUT2D eigenvalue weighted by Crippen LogP contribution is 2.18. The Balaban J connectivity index is 2.34. The zero-order valence-electron chi connectivity index (χ0n) is 13.0. The van der Waals surface area contributed by atoms with Gasteiger partial charge >= 0.3 is 0 Å². The number of hydrogen-bond donors (Lipinski definition) is 1. The lowest BCUT2D eigenvalue weighted by Crippen LogP contribution is -2.41. The highest BCUT2D eigenvalue weighted by atomic mass is 16.5. The smallest absolute Gasteiger partial charge is 0.274 e. The first kappa shape index (κ1) is 15.0. The van der Waals surface area contributed by atoms with Gasteiger partial charge < -0.3 is 10.1 Å². The van der Waals surface area contributed by atoms with Crippen molar-refractivity contribution in [1.82, 2.24) is 20.3 Å². The number of nitrogens with one attached hydrogen (secondary N) is 1. The molecule has 1 aromatic heterocycles. The minimum atomic E-state index is -0.316. The van der Waals surface area contributed by atoms with E-state index in [9.17, 15) is 4.79 Å². The number of benzene rings is 1. The maximum Gasteiger partial charge on any atom is 0.274 e. The molecule has 0 aliphatic heterocycles. The summed E-state index contributed by atoms with van der Waals surface area (Å²) < 4.78 is 6.82. The molecule has 6 nitrogen and oxygen atoms in total. The Labute approximate surface area is 124 Å². The molecule has 1 N–H and O–H groups in total. The van der Waals surface area contributed by atoms with Crippen LogP contribution in [0.15, 0.2) is 24.3 Å².